The third-order valence-electron chi connectivity index (χ3n) is 6.86. The van der Waals surface area contributed by atoms with Gasteiger partial charge < -0.3 is 14.8 Å². The smallest absolute Gasteiger partial charge is 0.227 e. The fraction of sp³-hybridized carbons (Fsp3) is 0.433. The van der Waals surface area contributed by atoms with Gasteiger partial charge in [-0.3, -0.25) is 4.79 Å². The number of ketones is 1. The Bertz CT molecular complexity index is 1430. The highest BCUT2D eigenvalue weighted by atomic mass is 79.9. The van der Waals surface area contributed by atoms with Gasteiger partial charge in [-0.2, -0.15) is 4.98 Å². The molecule has 3 aromatic rings. The van der Waals surface area contributed by atoms with Gasteiger partial charge in [-0.25, -0.2) is 4.68 Å². The Morgan fingerprint density at radius 2 is 2.00 bits per heavy atom. The number of thioether (sulfide) groups is 1. The molecule has 39 heavy (non-hydrogen) atoms. The maximum Gasteiger partial charge on any atom is 0.227 e. The standard InChI is InChI=1S/C30H35BrN4O3S/c1-6-11-39-29-33-28-32-22-15-30(4,5)16-23(36)25(22)26(35(28)34-29)20-13-21(31)27(24(14-20)37-7-2)38-17-19-10-8-9-18(3)12-19/h8-10,12-14,26H,6-7,11,15-17H2,1-5H3,(H,32,33,34). The Morgan fingerprint density at radius 1 is 1.18 bits per heavy atom. The second-order valence-corrected chi connectivity index (χ2v) is 12.8. The van der Waals surface area contributed by atoms with Crippen LogP contribution in [0.3, 0.4) is 0 Å². The number of aromatic nitrogens is 3. The average molecular weight is 612 g/mol. The van der Waals surface area contributed by atoms with Crippen LogP contribution in [-0.2, 0) is 11.4 Å². The third-order valence-corrected chi connectivity index (χ3v) is 8.49. The number of nitrogens with zero attached hydrogens (tertiary/aromatic N) is 3. The minimum atomic E-state index is -0.412. The van der Waals surface area contributed by atoms with Crippen molar-refractivity contribution in [3.05, 3.63) is 68.8 Å². The van der Waals surface area contributed by atoms with Gasteiger partial charge in [0.15, 0.2) is 17.3 Å². The molecule has 7 nitrogen and oxygen atoms in total. The van der Waals surface area contributed by atoms with Gasteiger partial charge in [-0.05, 0) is 71.3 Å². The lowest BCUT2D eigenvalue weighted by Gasteiger charge is -2.38. The first-order valence-electron chi connectivity index (χ1n) is 13.5. The molecule has 9 heteroatoms. The van der Waals surface area contributed by atoms with Crippen LogP contribution < -0.4 is 14.8 Å². The van der Waals surface area contributed by atoms with Gasteiger partial charge in [0.25, 0.3) is 0 Å². The lowest BCUT2D eigenvalue weighted by Crippen LogP contribution is -2.36. The summed E-state index contributed by atoms with van der Waals surface area (Å²) in [7, 11) is 0. The molecule has 1 N–H and O–H groups in total. The normalized spacial score (nSPS) is 17.9. The van der Waals surface area contributed by atoms with Crippen LogP contribution in [0.25, 0.3) is 0 Å². The number of hydrogen-bond acceptors (Lipinski definition) is 7. The topological polar surface area (TPSA) is 78.3 Å². The summed E-state index contributed by atoms with van der Waals surface area (Å²) in [6.07, 6.45) is 2.29. The molecule has 1 aliphatic heterocycles. The summed E-state index contributed by atoms with van der Waals surface area (Å²) >= 11 is 5.38. The number of Topliss-reactive ketones (excluding diaryl/α,β-unsaturated/α-hetero) is 1. The molecule has 1 atom stereocenters. The first-order valence-corrected chi connectivity index (χ1v) is 15.2. The van der Waals surface area contributed by atoms with Crippen molar-refractivity contribution in [2.24, 2.45) is 5.41 Å². The maximum absolute atomic E-state index is 13.6. The maximum atomic E-state index is 13.6. The number of anilines is 1. The number of aryl methyl sites for hydroxylation is 1. The van der Waals surface area contributed by atoms with Crippen molar-refractivity contribution in [2.75, 3.05) is 17.7 Å². The molecule has 0 fully saturated rings. The van der Waals surface area contributed by atoms with Gasteiger partial charge in [0.2, 0.25) is 11.1 Å². The SMILES string of the molecule is CCCSc1nc2n(n1)C(c1cc(Br)c(OCc3cccc(C)c3)c(OCC)c1)C1=C(CC(C)(C)CC1=O)N2. The van der Waals surface area contributed by atoms with E-state index >= 15 is 0 Å². The summed E-state index contributed by atoms with van der Waals surface area (Å²) in [5.74, 6) is 2.99. The summed E-state index contributed by atoms with van der Waals surface area (Å²) in [5.41, 5.74) is 4.73. The molecule has 2 aromatic carbocycles. The molecule has 2 aliphatic rings. The van der Waals surface area contributed by atoms with Crippen molar-refractivity contribution in [2.45, 2.75) is 71.7 Å². The second-order valence-electron chi connectivity index (χ2n) is 10.9. The molecule has 0 radical (unpaired) electrons. The van der Waals surface area contributed by atoms with Crippen LogP contribution in [0.15, 0.2) is 57.3 Å². The predicted molar refractivity (Wildman–Crippen MR) is 159 cm³/mol. The zero-order valence-corrected chi connectivity index (χ0v) is 25.5. The molecule has 1 aromatic heterocycles. The molecule has 1 aliphatic carbocycles. The summed E-state index contributed by atoms with van der Waals surface area (Å²) < 4.78 is 15.0. The third kappa shape index (κ3) is 5.89. The van der Waals surface area contributed by atoms with Crippen LogP contribution in [0, 0.1) is 12.3 Å². The van der Waals surface area contributed by atoms with Crippen LogP contribution in [0.2, 0.25) is 0 Å². The van der Waals surface area contributed by atoms with E-state index in [1.54, 1.807) is 11.8 Å². The Kier molecular flexibility index (Phi) is 8.10. The number of rotatable bonds is 9. The highest BCUT2D eigenvalue weighted by Crippen LogP contribution is 2.48. The van der Waals surface area contributed by atoms with Gasteiger partial charge in [0.05, 0.1) is 11.1 Å². The number of carbonyl (C=O) groups excluding carboxylic acids is 1. The monoisotopic (exact) mass is 610 g/mol. The van der Waals surface area contributed by atoms with Crippen molar-refractivity contribution in [1.29, 1.82) is 0 Å². The van der Waals surface area contributed by atoms with Gasteiger partial charge in [0, 0.05) is 23.4 Å². The van der Waals surface area contributed by atoms with E-state index in [2.05, 4.69) is 67.1 Å². The van der Waals surface area contributed by atoms with Crippen molar-refractivity contribution in [3.63, 3.8) is 0 Å². The second kappa shape index (κ2) is 11.4. The molecule has 5 rings (SSSR count). The minimum absolute atomic E-state index is 0.125. The van der Waals surface area contributed by atoms with Crippen LogP contribution >= 0.6 is 27.7 Å². The summed E-state index contributed by atoms with van der Waals surface area (Å²) in [4.78, 5) is 18.4. The van der Waals surface area contributed by atoms with Crippen molar-refractivity contribution >= 4 is 39.4 Å². The molecule has 206 valence electrons. The lowest BCUT2D eigenvalue weighted by atomic mass is 9.73. The molecule has 0 saturated heterocycles. The predicted octanol–water partition coefficient (Wildman–Crippen LogP) is 7.49. The Labute approximate surface area is 242 Å². The summed E-state index contributed by atoms with van der Waals surface area (Å²) in [6.45, 7) is 11.3. The fourth-order valence-electron chi connectivity index (χ4n) is 5.26. The van der Waals surface area contributed by atoms with E-state index in [-0.39, 0.29) is 11.2 Å². The van der Waals surface area contributed by atoms with Crippen molar-refractivity contribution in [1.82, 2.24) is 14.8 Å². The number of benzene rings is 2. The highest BCUT2D eigenvalue weighted by molar-refractivity contribution is 9.10. The highest BCUT2D eigenvalue weighted by Gasteiger charge is 2.42. The number of nitrogens with one attached hydrogen (secondary N) is 1. The van der Waals surface area contributed by atoms with Crippen molar-refractivity contribution < 1.29 is 14.3 Å². The Morgan fingerprint density at radius 3 is 2.74 bits per heavy atom. The molecule has 2 heterocycles. The number of halogens is 1. The van der Waals surface area contributed by atoms with Crippen LogP contribution in [0.4, 0.5) is 5.95 Å². The number of ether oxygens (including phenoxy) is 2. The fourth-order valence-corrected chi connectivity index (χ4v) is 6.52. The van der Waals surface area contributed by atoms with Gasteiger partial charge in [-0.15, -0.1) is 5.10 Å². The average Bonchev–Trinajstić information content (AvgIpc) is 3.27. The number of hydrogen-bond donors (Lipinski definition) is 1. The molecule has 0 saturated carbocycles. The minimum Gasteiger partial charge on any atom is -0.490 e. The molecule has 0 spiro atoms. The first-order chi connectivity index (χ1) is 18.7. The van der Waals surface area contributed by atoms with E-state index in [4.69, 9.17) is 19.6 Å². The molecule has 1 unspecified atom stereocenters. The van der Waals surface area contributed by atoms with Gasteiger partial charge in [-0.1, -0.05) is 62.4 Å². The first kappa shape index (κ1) is 27.8. The number of carbonyl (C=O) groups is 1. The zero-order valence-electron chi connectivity index (χ0n) is 23.1. The lowest BCUT2D eigenvalue weighted by molar-refractivity contribution is -0.118. The van der Waals surface area contributed by atoms with E-state index in [0.29, 0.717) is 42.2 Å². The molecular weight excluding hydrogens is 576 g/mol. The number of allylic oxidation sites excluding steroid dienone is 2. The van der Waals surface area contributed by atoms with E-state index in [0.717, 1.165) is 45.5 Å². The van der Waals surface area contributed by atoms with E-state index in [1.165, 1.54) is 5.56 Å². The molecule has 0 bridgehead atoms. The zero-order chi connectivity index (χ0) is 27.7. The van der Waals surface area contributed by atoms with Gasteiger partial charge in [0.1, 0.15) is 12.6 Å². The Hall–Kier alpha value is -2.78. The van der Waals surface area contributed by atoms with Crippen LogP contribution in [-0.4, -0.2) is 32.9 Å². The largest absolute Gasteiger partial charge is 0.490 e. The van der Waals surface area contributed by atoms with E-state index < -0.39 is 6.04 Å². The number of fused-ring (bicyclic) bond motifs is 1. The summed E-state index contributed by atoms with van der Waals surface area (Å²) in [5, 5.41) is 9.02. The van der Waals surface area contributed by atoms with Crippen molar-refractivity contribution in [3.8, 4) is 11.5 Å². The summed E-state index contributed by atoms with van der Waals surface area (Å²) in [6, 6.07) is 11.9. The van der Waals surface area contributed by atoms with Crippen LogP contribution in [0.1, 0.15) is 69.7 Å². The van der Waals surface area contributed by atoms with Gasteiger partial charge >= 0.3 is 0 Å². The van der Waals surface area contributed by atoms with Crippen LogP contribution in [0.5, 0.6) is 11.5 Å². The molecule has 0 amide bonds. The Balaban J connectivity index is 1.58. The van der Waals surface area contributed by atoms with E-state index in [9.17, 15) is 4.79 Å². The molecular formula is C30H35BrN4O3S. The quantitative estimate of drug-likeness (QED) is 0.251. The van der Waals surface area contributed by atoms with E-state index in [1.807, 2.05) is 29.8 Å².